The lowest BCUT2D eigenvalue weighted by Gasteiger charge is -2.35. The average Bonchev–Trinajstić information content (AvgIpc) is 2.72. The van der Waals surface area contributed by atoms with Crippen LogP contribution in [0.25, 0.3) is 0 Å². The van der Waals surface area contributed by atoms with Crippen molar-refractivity contribution in [3.63, 3.8) is 0 Å². The minimum Gasteiger partial charge on any atom is -0.496 e. The van der Waals surface area contributed by atoms with E-state index in [1.54, 1.807) is 7.11 Å². The number of aliphatic hydroxyl groups is 1. The van der Waals surface area contributed by atoms with Crippen LogP contribution in [0.4, 0.5) is 0 Å². The number of benzene rings is 2. The second-order valence-corrected chi connectivity index (χ2v) is 13.8. The van der Waals surface area contributed by atoms with Gasteiger partial charge in [-0.25, -0.2) is 0 Å². The molecule has 0 spiro atoms. The van der Waals surface area contributed by atoms with E-state index < -0.39 is 14.4 Å². The molecule has 4 heteroatoms. The molecule has 0 saturated heterocycles. The molecule has 0 aliphatic carbocycles. The molecule has 0 heterocycles. The average molecular weight is 425 g/mol. The van der Waals surface area contributed by atoms with Gasteiger partial charge in [0.15, 0.2) is 8.32 Å². The van der Waals surface area contributed by atoms with Crippen LogP contribution < -0.4 is 4.74 Å². The number of aliphatic hydroxyl groups excluding tert-OH is 1. The Bertz CT molecular complexity index is 835. The molecular weight excluding hydrogens is 388 g/mol. The highest BCUT2D eigenvalue weighted by molar-refractivity contribution is 6.74. The van der Waals surface area contributed by atoms with Gasteiger partial charge >= 0.3 is 0 Å². The van der Waals surface area contributed by atoms with Crippen molar-refractivity contribution >= 4 is 8.32 Å². The zero-order chi connectivity index (χ0) is 22.2. The third-order valence-corrected chi connectivity index (χ3v) is 10.4. The molecule has 1 N–H and O–H groups in total. The maximum Gasteiger partial charge on any atom is 0.192 e. The van der Waals surface area contributed by atoms with Crippen molar-refractivity contribution in [3.8, 4) is 5.75 Å². The van der Waals surface area contributed by atoms with Crippen molar-refractivity contribution in [2.24, 2.45) is 0 Å². The molecule has 0 amide bonds. The normalized spacial score (nSPS) is 14.9. The second kappa shape index (κ2) is 10.8. The standard InChI is InChI=1S/C26H36O3Si/c1-26(2,3)30(5,6)29-20-14-8-11-18-23(22-17-12-13-19-24(22)28-4)25(27)21-15-9-7-10-16-21/h7-19,23,25,27H,20H2,1-6H3/b14-8+,18-11-/t23-,25-/m1/s1. The molecule has 0 unspecified atom stereocenters. The van der Waals surface area contributed by atoms with Gasteiger partial charge in [-0.3, -0.25) is 0 Å². The van der Waals surface area contributed by atoms with Crippen LogP contribution in [-0.4, -0.2) is 27.1 Å². The lowest BCUT2D eigenvalue weighted by atomic mass is 9.88. The first-order valence-corrected chi connectivity index (χ1v) is 13.4. The Balaban J connectivity index is 2.17. The predicted molar refractivity (Wildman–Crippen MR) is 129 cm³/mol. The van der Waals surface area contributed by atoms with Crippen LogP contribution in [-0.2, 0) is 4.43 Å². The molecule has 2 rings (SSSR count). The fourth-order valence-electron chi connectivity index (χ4n) is 2.97. The van der Waals surface area contributed by atoms with Crippen LogP contribution in [0.5, 0.6) is 5.75 Å². The van der Waals surface area contributed by atoms with Crippen LogP contribution in [0, 0.1) is 0 Å². The highest BCUT2D eigenvalue weighted by atomic mass is 28.4. The second-order valence-electron chi connectivity index (χ2n) is 9.01. The molecule has 0 radical (unpaired) electrons. The number of hydrogen-bond donors (Lipinski definition) is 1. The van der Waals surface area contributed by atoms with Gasteiger partial charge in [-0.05, 0) is 29.8 Å². The summed E-state index contributed by atoms with van der Waals surface area (Å²) < 4.78 is 11.7. The van der Waals surface area contributed by atoms with Crippen molar-refractivity contribution in [3.05, 3.63) is 90.0 Å². The summed E-state index contributed by atoms with van der Waals surface area (Å²) in [6.07, 6.45) is 7.37. The van der Waals surface area contributed by atoms with Gasteiger partial charge in [0.05, 0.1) is 19.8 Å². The summed E-state index contributed by atoms with van der Waals surface area (Å²) in [5.41, 5.74) is 1.84. The van der Waals surface area contributed by atoms with E-state index in [0.29, 0.717) is 6.61 Å². The van der Waals surface area contributed by atoms with Crippen LogP contribution >= 0.6 is 0 Å². The zero-order valence-corrected chi connectivity index (χ0v) is 20.1. The van der Waals surface area contributed by atoms with Crippen LogP contribution in [0.15, 0.2) is 78.9 Å². The van der Waals surface area contributed by atoms with E-state index >= 15 is 0 Å². The lowest BCUT2D eigenvalue weighted by molar-refractivity contribution is 0.160. The van der Waals surface area contributed by atoms with Crippen molar-refractivity contribution in [2.45, 2.75) is 50.9 Å². The summed E-state index contributed by atoms with van der Waals surface area (Å²) >= 11 is 0. The van der Waals surface area contributed by atoms with Gasteiger partial charge in [-0.2, -0.15) is 0 Å². The SMILES string of the molecule is COc1ccccc1[C@@H](/C=C\C=C\CO[Si](C)(C)C(C)(C)C)[C@H](O)c1ccccc1. The molecule has 0 aliphatic heterocycles. The molecule has 0 bridgehead atoms. The molecule has 162 valence electrons. The summed E-state index contributed by atoms with van der Waals surface area (Å²) in [6.45, 7) is 11.8. The van der Waals surface area contributed by atoms with Crippen molar-refractivity contribution in [1.29, 1.82) is 0 Å². The number of methoxy groups -OCH3 is 1. The van der Waals surface area contributed by atoms with Crippen molar-refractivity contribution in [2.75, 3.05) is 13.7 Å². The molecular formula is C26H36O3Si. The predicted octanol–water partition coefficient (Wildman–Crippen LogP) is 6.65. The van der Waals surface area contributed by atoms with E-state index in [0.717, 1.165) is 16.9 Å². The Labute approximate surface area is 183 Å². The van der Waals surface area contributed by atoms with E-state index in [-0.39, 0.29) is 11.0 Å². The first-order valence-electron chi connectivity index (χ1n) is 10.5. The van der Waals surface area contributed by atoms with Crippen molar-refractivity contribution in [1.82, 2.24) is 0 Å². The summed E-state index contributed by atoms with van der Waals surface area (Å²) in [5.74, 6) is 0.543. The Morgan fingerprint density at radius 2 is 1.60 bits per heavy atom. The van der Waals surface area contributed by atoms with Gasteiger partial charge < -0.3 is 14.3 Å². The van der Waals surface area contributed by atoms with E-state index in [1.807, 2.05) is 78.9 Å². The molecule has 0 aromatic heterocycles. The largest absolute Gasteiger partial charge is 0.496 e. The molecule has 0 fully saturated rings. The van der Waals surface area contributed by atoms with Crippen molar-refractivity contribution < 1.29 is 14.3 Å². The molecule has 3 nitrogen and oxygen atoms in total. The van der Waals surface area contributed by atoms with Gasteiger partial charge in [0.2, 0.25) is 0 Å². The molecule has 2 aromatic carbocycles. The van der Waals surface area contributed by atoms with E-state index in [2.05, 4.69) is 33.9 Å². The summed E-state index contributed by atoms with van der Waals surface area (Å²) in [7, 11) is -0.0865. The third-order valence-electron chi connectivity index (χ3n) is 5.89. The summed E-state index contributed by atoms with van der Waals surface area (Å²) in [5, 5.41) is 11.3. The molecule has 2 atom stereocenters. The van der Waals surface area contributed by atoms with E-state index in [1.165, 1.54) is 0 Å². The van der Waals surface area contributed by atoms with Gasteiger partial charge in [0, 0.05) is 11.5 Å². The topological polar surface area (TPSA) is 38.7 Å². The first kappa shape index (κ1) is 24.1. The number of hydrogen-bond acceptors (Lipinski definition) is 3. The first-order chi connectivity index (χ1) is 14.2. The van der Waals surface area contributed by atoms with Crippen LogP contribution in [0.3, 0.4) is 0 Å². The molecule has 30 heavy (non-hydrogen) atoms. The van der Waals surface area contributed by atoms with Gasteiger partial charge in [-0.15, -0.1) is 0 Å². The van der Waals surface area contributed by atoms with Crippen LogP contribution in [0.2, 0.25) is 18.1 Å². The Kier molecular flexibility index (Phi) is 8.65. The Morgan fingerprint density at radius 3 is 2.23 bits per heavy atom. The van der Waals surface area contributed by atoms with E-state index in [4.69, 9.17) is 9.16 Å². The van der Waals surface area contributed by atoms with Gasteiger partial charge in [0.1, 0.15) is 5.75 Å². The molecule has 2 aromatic rings. The quantitative estimate of drug-likeness (QED) is 0.362. The number of allylic oxidation sites excluding steroid dienone is 2. The number of rotatable bonds is 9. The highest BCUT2D eigenvalue weighted by Crippen LogP contribution is 2.37. The minimum atomic E-state index is -1.75. The van der Waals surface area contributed by atoms with Gasteiger partial charge in [-0.1, -0.05) is 93.6 Å². The Hall–Kier alpha value is -2.14. The Morgan fingerprint density at radius 1 is 0.967 bits per heavy atom. The highest BCUT2D eigenvalue weighted by Gasteiger charge is 2.36. The third kappa shape index (κ3) is 6.43. The van der Waals surface area contributed by atoms with E-state index in [9.17, 15) is 5.11 Å². The fraction of sp³-hybridized carbons (Fsp3) is 0.385. The fourth-order valence-corrected chi connectivity index (χ4v) is 3.92. The number of ether oxygens (including phenoxy) is 1. The lowest BCUT2D eigenvalue weighted by Crippen LogP contribution is -2.40. The zero-order valence-electron chi connectivity index (χ0n) is 19.1. The maximum atomic E-state index is 11.1. The summed E-state index contributed by atoms with van der Waals surface area (Å²) in [4.78, 5) is 0. The number of para-hydroxylation sites is 1. The minimum absolute atomic E-state index is 0.200. The smallest absolute Gasteiger partial charge is 0.192 e. The summed E-state index contributed by atoms with van der Waals surface area (Å²) in [6, 6.07) is 17.6. The maximum absolute atomic E-state index is 11.1. The molecule has 0 aliphatic rings. The monoisotopic (exact) mass is 424 g/mol. The van der Waals surface area contributed by atoms with Gasteiger partial charge in [0.25, 0.3) is 0 Å². The molecule has 0 saturated carbocycles. The van der Waals surface area contributed by atoms with Crippen LogP contribution in [0.1, 0.15) is 43.9 Å².